The van der Waals surface area contributed by atoms with Crippen molar-refractivity contribution in [1.29, 1.82) is 0 Å². The fourth-order valence-electron chi connectivity index (χ4n) is 0.492. The molecule has 0 aliphatic rings. The van der Waals surface area contributed by atoms with Crippen LogP contribution in [0.3, 0.4) is 0 Å². The first-order valence-corrected chi connectivity index (χ1v) is 3.24. The molecule has 0 bridgehead atoms. The topological polar surface area (TPSA) is 26.0 Å². The van der Waals surface area contributed by atoms with Crippen LogP contribution in [0, 0.1) is 5.92 Å². The van der Waals surface area contributed by atoms with E-state index in [0.717, 1.165) is 12.1 Å². The van der Waals surface area contributed by atoms with Gasteiger partial charge in [0, 0.05) is 5.70 Å². The third-order valence-electron chi connectivity index (χ3n) is 1.36. The molecule has 0 saturated carbocycles. The normalized spacial score (nSPS) is 14.0. The molecule has 0 saturated heterocycles. The van der Waals surface area contributed by atoms with Gasteiger partial charge in [-0.25, -0.2) is 0 Å². The van der Waals surface area contributed by atoms with Gasteiger partial charge in [0.2, 0.25) is 0 Å². The van der Waals surface area contributed by atoms with Gasteiger partial charge >= 0.3 is 0 Å². The van der Waals surface area contributed by atoms with Gasteiger partial charge in [-0.3, -0.25) is 0 Å². The molecule has 1 nitrogen and oxygen atoms in total. The number of hydrogen-bond donors (Lipinski definition) is 1. The molecular weight excluding hydrogens is 110 g/mol. The van der Waals surface area contributed by atoms with Crippen molar-refractivity contribution in [3.8, 4) is 0 Å². The van der Waals surface area contributed by atoms with Crippen molar-refractivity contribution in [2.75, 3.05) is 0 Å². The van der Waals surface area contributed by atoms with Crippen LogP contribution in [0.15, 0.2) is 24.4 Å². The summed E-state index contributed by atoms with van der Waals surface area (Å²) in [5.74, 6) is 0.418. The second-order valence-electron chi connectivity index (χ2n) is 2.28. The molecule has 0 aliphatic heterocycles. The van der Waals surface area contributed by atoms with Crippen LogP contribution in [0.1, 0.15) is 20.3 Å². The fraction of sp³-hybridized carbons (Fsp3) is 0.500. The molecule has 0 fully saturated rings. The second-order valence-corrected chi connectivity index (χ2v) is 2.28. The van der Waals surface area contributed by atoms with Crippen LogP contribution in [-0.4, -0.2) is 0 Å². The van der Waals surface area contributed by atoms with E-state index >= 15 is 0 Å². The van der Waals surface area contributed by atoms with Crippen molar-refractivity contribution >= 4 is 0 Å². The zero-order valence-electron chi connectivity index (χ0n) is 6.22. The predicted octanol–water partition coefficient (Wildman–Crippen LogP) is 2.06. The first kappa shape index (κ1) is 8.28. The Morgan fingerprint density at radius 3 is 2.67 bits per heavy atom. The van der Waals surface area contributed by atoms with Gasteiger partial charge in [0.1, 0.15) is 0 Å². The minimum Gasteiger partial charge on any atom is -0.402 e. The molecule has 0 heterocycles. The number of nitrogens with two attached hydrogens (primary N) is 1. The monoisotopic (exact) mass is 125 g/mol. The van der Waals surface area contributed by atoms with Gasteiger partial charge in [0.25, 0.3) is 0 Å². The van der Waals surface area contributed by atoms with Gasteiger partial charge in [-0.05, 0) is 19.3 Å². The van der Waals surface area contributed by atoms with Crippen molar-refractivity contribution in [1.82, 2.24) is 0 Å². The van der Waals surface area contributed by atoms with Crippen molar-refractivity contribution in [3.63, 3.8) is 0 Å². The Hall–Kier alpha value is -0.720. The Balaban J connectivity index is 3.50. The van der Waals surface area contributed by atoms with Gasteiger partial charge in [-0.15, -0.1) is 0 Å². The number of allylic oxidation sites excluding steroid dienone is 3. The summed E-state index contributed by atoms with van der Waals surface area (Å²) in [6.07, 6.45) is 5.13. The fourth-order valence-corrected chi connectivity index (χ4v) is 0.492. The van der Waals surface area contributed by atoms with Crippen LogP contribution < -0.4 is 5.73 Å². The summed E-state index contributed by atoms with van der Waals surface area (Å²) in [5, 5.41) is 0. The molecule has 0 amide bonds. The van der Waals surface area contributed by atoms with E-state index in [9.17, 15) is 0 Å². The van der Waals surface area contributed by atoms with Gasteiger partial charge in [0.15, 0.2) is 0 Å². The molecule has 0 aromatic heterocycles. The van der Waals surface area contributed by atoms with E-state index in [2.05, 4.69) is 19.6 Å². The van der Waals surface area contributed by atoms with Crippen molar-refractivity contribution in [2.24, 2.45) is 11.7 Å². The maximum atomic E-state index is 5.45. The van der Waals surface area contributed by atoms with Gasteiger partial charge in [-0.2, -0.15) is 0 Å². The average molecular weight is 125 g/mol. The Kier molecular flexibility index (Phi) is 3.85. The molecule has 0 spiro atoms. The lowest BCUT2D eigenvalue weighted by Crippen LogP contribution is -2.05. The first-order valence-electron chi connectivity index (χ1n) is 3.24. The van der Waals surface area contributed by atoms with Gasteiger partial charge < -0.3 is 5.73 Å². The standard InChI is InChI=1S/C8H15N/c1-4-5-6-7(2)8(3)9/h4-5,7H,3,6,9H2,1-2H3/b5-4-. The van der Waals surface area contributed by atoms with Crippen LogP contribution in [0.4, 0.5) is 0 Å². The quantitative estimate of drug-likeness (QED) is 0.574. The zero-order valence-corrected chi connectivity index (χ0v) is 6.22. The van der Waals surface area contributed by atoms with E-state index in [4.69, 9.17) is 5.73 Å². The van der Waals surface area contributed by atoms with Gasteiger partial charge in [0.05, 0.1) is 0 Å². The van der Waals surface area contributed by atoms with Gasteiger partial charge in [-0.1, -0.05) is 25.7 Å². The molecule has 0 radical (unpaired) electrons. The third kappa shape index (κ3) is 3.83. The summed E-state index contributed by atoms with van der Waals surface area (Å²) in [6, 6.07) is 0. The van der Waals surface area contributed by atoms with E-state index in [1.165, 1.54) is 0 Å². The lowest BCUT2D eigenvalue weighted by molar-refractivity contribution is 0.688. The Labute approximate surface area is 57.3 Å². The molecule has 0 rings (SSSR count). The molecule has 0 aromatic rings. The first-order chi connectivity index (χ1) is 4.18. The Bertz CT molecular complexity index is 114. The molecular formula is C8H15N. The highest BCUT2D eigenvalue weighted by molar-refractivity contribution is 4.95. The highest BCUT2D eigenvalue weighted by atomic mass is 14.6. The van der Waals surface area contributed by atoms with E-state index < -0.39 is 0 Å². The zero-order chi connectivity index (χ0) is 7.28. The Morgan fingerprint density at radius 1 is 1.78 bits per heavy atom. The average Bonchev–Trinajstić information content (AvgIpc) is 1.82. The summed E-state index contributed by atoms with van der Waals surface area (Å²) in [7, 11) is 0. The SMILES string of the molecule is C=C(N)C(C)C/C=C\C. The van der Waals surface area contributed by atoms with Crippen molar-refractivity contribution in [3.05, 3.63) is 24.4 Å². The second kappa shape index (κ2) is 4.19. The summed E-state index contributed by atoms with van der Waals surface area (Å²) in [4.78, 5) is 0. The molecule has 2 N–H and O–H groups in total. The van der Waals surface area contributed by atoms with Crippen molar-refractivity contribution in [2.45, 2.75) is 20.3 Å². The van der Waals surface area contributed by atoms with Crippen molar-refractivity contribution < 1.29 is 0 Å². The van der Waals surface area contributed by atoms with E-state index in [-0.39, 0.29) is 0 Å². The molecule has 52 valence electrons. The maximum absolute atomic E-state index is 5.45. The third-order valence-corrected chi connectivity index (χ3v) is 1.36. The highest BCUT2D eigenvalue weighted by Crippen LogP contribution is 2.07. The lowest BCUT2D eigenvalue weighted by atomic mass is 10.1. The molecule has 1 heteroatoms. The summed E-state index contributed by atoms with van der Waals surface area (Å²) >= 11 is 0. The molecule has 0 aromatic carbocycles. The molecule has 1 unspecified atom stereocenters. The maximum Gasteiger partial charge on any atom is 0.00393 e. The smallest absolute Gasteiger partial charge is 0.00393 e. The van der Waals surface area contributed by atoms with E-state index in [1.54, 1.807) is 0 Å². The largest absolute Gasteiger partial charge is 0.402 e. The Morgan fingerprint density at radius 2 is 2.33 bits per heavy atom. The minimum absolute atomic E-state index is 0.418. The molecule has 9 heavy (non-hydrogen) atoms. The lowest BCUT2D eigenvalue weighted by Gasteiger charge is -2.05. The minimum atomic E-state index is 0.418. The van der Waals surface area contributed by atoms with Crippen LogP contribution in [0.5, 0.6) is 0 Å². The predicted molar refractivity (Wildman–Crippen MR) is 41.9 cm³/mol. The summed E-state index contributed by atoms with van der Waals surface area (Å²) < 4.78 is 0. The van der Waals surface area contributed by atoms with Crippen LogP contribution in [0.25, 0.3) is 0 Å². The summed E-state index contributed by atoms with van der Waals surface area (Å²) in [6.45, 7) is 7.73. The van der Waals surface area contributed by atoms with Crippen LogP contribution in [0.2, 0.25) is 0 Å². The number of hydrogen-bond acceptors (Lipinski definition) is 1. The molecule has 0 aliphatic carbocycles. The van der Waals surface area contributed by atoms with Crippen LogP contribution >= 0.6 is 0 Å². The molecule has 1 atom stereocenters. The number of rotatable bonds is 3. The van der Waals surface area contributed by atoms with E-state index in [0.29, 0.717) is 5.92 Å². The summed E-state index contributed by atoms with van der Waals surface area (Å²) in [5.41, 5.74) is 6.22. The van der Waals surface area contributed by atoms with Crippen LogP contribution in [-0.2, 0) is 0 Å². The van der Waals surface area contributed by atoms with E-state index in [1.807, 2.05) is 13.0 Å². The highest BCUT2D eigenvalue weighted by Gasteiger charge is 1.97.